The molecule has 3 heterocycles. The first-order valence-corrected chi connectivity index (χ1v) is 20.9. The lowest BCUT2D eigenvalue weighted by atomic mass is 9.81. The largest absolute Gasteiger partial charge is 0.456 e. The van der Waals surface area contributed by atoms with Gasteiger partial charge in [-0.05, 0) is 94.6 Å². The van der Waals surface area contributed by atoms with Gasteiger partial charge in [0.2, 0.25) is 5.79 Å². The molecule has 15 atom stereocenters. The standard InChI is InChI=1S/C43H69NO13/c1-10-29-18-23(2)37(48)24(3)19-35(54-8)39-36(55-9)20-26(5)43(52,57-39)40(49)41(50)44-16-12-11-13-30(44)42(51)56-38(27(6)32(46)22-33(29)47)25(4)17-28-14-15-31(45)34(21-28)53-7/h17-18,24,26-32,34-39,45-46,48,52H,10-16,19-22H2,1-9H3/b23-18+,25-17+/t24-,26-,27-,28?,29-,30+,31?,32?,34?,35?,36?,37?,38?,39?,43?/m1/s1. The van der Waals surface area contributed by atoms with E-state index in [0.29, 0.717) is 49.7 Å². The Balaban J connectivity index is 1.79. The quantitative estimate of drug-likeness (QED) is 0.173. The normalized spacial score (nSPS) is 42.4. The van der Waals surface area contributed by atoms with Crippen molar-refractivity contribution in [2.24, 2.45) is 29.6 Å². The first-order chi connectivity index (χ1) is 26.9. The number of allylic oxidation sites excluding steroid dienone is 2. The van der Waals surface area contributed by atoms with E-state index in [4.69, 9.17) is 23.7 Å². The highest BCUT2D eigenvalue weighted by atomic mass is 16.7. The topological polar surface area (TPSA) is 199 Å². The number of hydrogen-bond acceptors (Lipinski definition) is 13. The van der Waals surface area contributed by atoms with Crippen molar-refractivity contribution >= 4 is 23.4 Å². The SMILES string of the molecule is CC[C@@H]1/C=C(\C)C(O)[C@H](C)CC(OC)C2OC(O)(C(=O)C(=O)N3CCCC[C@H]3C(=O)OC(/C(C)=C/C3CCC(O)C(OC)C3)[C@H](C)C(O)CC1=O)[C@H](C)CC2OC. The summed E-state index contributed by atoms with van der Waals surface area (Å²) < 4.78 is 29.6. The molecule has 0 aromatic carbocycles. The van der Waals surface area contributed by atoms with E-state index in [-0.39, 0.29) is 50.0 Å². The van der Waals surface area contributed by atoms with Gasteiger partial charge in [0.1, 0.15) is 24.0 Å². The number of aliphatic hydroxyl groups is 4. The monoisotopic (exact) mass is 807 g/mol. The van der Waals surface area contributed by atoms with Gasteiger partial charge >= 0.3 is 5.97 Å². The molecule has 0 aromatic rings. The van der Waals surface area contributed by atoms with Crippen molar-refractivity contribution in [1.82, 2.24) is 4.90 Å². The van der Waals surface area contributed by atoms with E-state index < -0.39 is 95.9 Å². The molecule has 2 bridgehead atoms. The van der Waals surface area contributed by atoms with Gasteiger partial charge in [0.25, 0.3) is 11.7 Å². The molecule has 0 radical (unpaired) electrons. The molecule has 4 aliphatic rings. The maximum absolute atomic E-state index is 14.3. The number of amides is 1. The van der Waals surface area contributed by atoms with Crippen LogP contribution < -0.4 is 0 Å². The van der Waals surface area contributed by atoms with Gasteiger partial charge in [0, 0.05) is 52.0 Å². The predicted molar refractivity (Wildman–Crippen MR) is 209 cm³/mol. The number of nitrogens with zero attached hydrogens (tertiary/aromatic N) is 1. The van der Waals surface area contributed by atoms with Crippen LogP contribution in [0.5, 0.6) is 0 Å². The van der Waals surface area contributed by atoms with Gasteiger partial charge in [-0.25, -0.2) is 4.79 Å². The third kappa shape index (κ3) is 10.8. The van der Waals surface area contributed by atoms with Crippen LogP contribution in [-0.4, -0.2) is 137 Å². The van der Waals surface area contributed by atoms with E-state index in [1.54, 1.807) is 40.9 Å². The van der Waals surface area contributed by atoms with Gasteiger partial charge in [-0.1, -0.05) is 39.8 Å². The van der Waals surface area contributed by atoms with Crippen molar-refractivity contribution < 1.29 is 63.3 Å². The minimum absolute atomic E-state index is 0.0255. The number of esters is 1. The summed E-state index contributed by atoms with van der Waals surface area (Å²) in [5.74, 6) is -8.59. The van der Waals surface area contributed by atoms with Gasteiger partial charge in [0.15, 0.2) is 0 Å². The summed E-state index contributed by atoms with van der Waals surface area (Å²) in [6, 6.07) is -1.16. The van der Waals surface area contributed by atoms with Crippen molar-refractivity contribution in [3.05, 3.63) is 23.3 Å². The molecule has 1 aliphatic carbocycles. The lowest BCUT2D eigenvalue weighted by molar-refractivity contribution is -0.302. The van der Waals surface area contributed by atoms with Crippen molar-refractivity contribution in [3.63, 3.8) is 0 Å². The molecule has 3 fully saturated rings. The number of fused-ring (bicyclic) bond motifs is 3. The number of carbonyl (C=O) groups is 4. The number of piperidine rings is 1. The Morgan fingerprint density at radius 1 is 0.912 bits per heavy atom. The summed E-state index contributed by atoms with van der Waals surface area (Å²) >= 11 is 0. The van der Waals surface area contributed by atoms with Crippen molar-refractivity contribution in [3.8, 4) is 0 Å². The van der Waals surface area contributed by atoms with Crippen LogP contribution in [-0.2, 0) is 42.9 Å². The fourth-order valence-electron chi connectivity index (χ4n) is 9.31. The van der Waals surface area contributed by atoms with Crippen LogP contribution in [0.2, 0.25) is 0 Å². The fraction of sp³-hybridized carbons (Fsp3) is 0.814. The second-order valence-electron chi connectivity index (χ2n) is 17.2. The molecular weight excluding hydrogens is 738 g/mol. The average molecular weight is 808 g/mol. The first-order valence-electron chi connectivity index (χ1n) is 20.9. The molecule has 4 rings (SSSR count). The Morgan fingerprint density at radius 3 is 2.19 bits per heavy atom. The van der Waals surface area contributed by atoms with Gasteiger partial charge < -0.3 is 49.0 Å². The smallest absolute Gasteiger partial charge is 0.329 e. The number of methoxy groups -OCH3 is 3. The number of ether oxygens (including phenoxy) is 5. The van der Waals surface area contributed by atoms with Crippen LogP contribution in [0, 0.1) is 29.6 Å². The average Bonchev–Trinajstić information content (AvgIpc) is 3.20. The summed E-state index contributed by atoms with van der Waals surface area (Å²) in [5.41, 5.74) is 1.19. The van der Waals surface area contributed by atoms with Crippen LogP contribution in [0.4, 0.5) is 0 Å². The molecule has 2 saturated heterocycles. The fourth-order valence-corrected chi connectivity index (χ4v) is 9.31. The van der Waals surface area contributed by atoms with E-state index in [2.05, 4.69) is 0 Å². The Hall–Kier alpha value is -2.56. The zero-order valence-corrected chi connectivity index (χ0v) is 35.4. The Morgan fingerprint density at radius 2 is 1.56 bits per heavy atom. The summed E-state index contributed by atoms with van der Waals surface area (Å²) in [5, 5.41) is 45.6. The summed E-state index contributed by atoms with van der Waals surface area (Å²) in [6.45, 7) is 10.6. The van der Waals surface area contributed by atoms with Gasteiger partial charge in [-0.2, -0.15) is 0 Å². The number of carbonyl (C=O) groups excluding carboxylic acids is 4. The van der Waals surface area contributed by atoms with E-state index >= 15 is 0 Å². The Bertz CT molecular complexity index is 1470. The third-order valence-electron chi connectivity index (χ3n) is 13.2. The summed E-state index contributed by atoms with van der Waals surface area (Å²) in [6.07, 6.45) is 0.618. The lowest BCUT2D eigenvalue weighted by Crippen LogP contribution is -2.64. The van der Waals surface area contributed by atoms with Gasteiger partial charge in [-0.15, -0.1) is 0 Å². The van der Waals surface area contributed by atoms with Crippen LogP contribution in [0.25, 0.3) is 0 Å². The van der Waals surface area contributed by atoms with E-state index in [0.717, 1.165) is 4.90 Å². The van der Waals surface area contributed by atoms with E-state index in [1.165, 1.54) is 14.2 Å². The molecule has 0 aromatic heterocycles. The molecule has 1 saturated carbocycles. The van der Waals surface area contributed by atoms with Crippen LogP contribution in [0.3, 0.4) is 0 Å². The van der Waals surface area contributed by atoms with E-state index in [9.17, 15) is 39.6 Å². The molecule has 324 valence electrons. The highest BCUT2D eigenvalue weighted by Gasteiger charge is 2.56. The molecule has 57 heavy (non-hydrogen) atoms. The zero-order valence-electron chi connectivity index (χ0n) is 35.4. The number of Topliss-reactive ketones (excluding diaryl/α,β-unsaturated/α-hetero) is 2. The second-order valence-corrected chi connectivity index (χ2v) is 17.2. The number of rotatable bonds is 6. The lowest BCUT2D eigenvalue weighted by Gasteiger charge is -2.47. The van der Waals surface area contributed by atoms with Gasteiger partial charge in [0.05, 0.1) is 36.6 Å². The summed E-state index contributed by atoms with van der Waals surface area (Å²) in [7, 11) is 4.49. The highest BCUT2D eigenvalue weighted by Crippen LogP contribution is 2.39. The molecule has 3 aliphatic heterocycles. The van der Waals surface area contributed by atoms with Crippen LogP contribution >= 0.6 is 0 Å². The summed E-state index contributed by atoms with van der Waals surface area (Å²) in [4.78, 5) is 57.7. The van der Waals surface area contributed by atoms with E-state index in [1.807, 2.05) is 19.9 Å². The maximum atomic E-state index is 14.3. The van der Waals surface area contributed by atoms with Crippen molar-refractivity contribution in [2.75, 3.05) is 27.9 Å². The maximum Gasteiger partial charge on any atom is 0.329 e. The molecule has 14 heteroatoms. The number of aliphatic hydroxyl groups excluding tert-OH is 3. The Kier molecular flexibility index (Phi) is 17.0. The van der Waals surface area contributed by atoms with Crippen LogP contribution in [0.1, 0.15) is 106 Å². The highest BCUT2D eigenvalue weighted by molar-refractivity contribution is 6.39. The molecule has 1 amide bonds. The number of ketones is 2. The zero-order chi connectivity index (χ0) is 42.4. The predicted octanol–water partition coefficient (Wildman–Crippen LogP) is 3.44. The Labute approximate surface area is 338 Å². The van der Waals surface area contributed by atoms with Crippen LogP contribution in [0.15, 0.2) is 23.3 Å². The number of cyclic esters (lactones) is 1. The third-order valence-corrected chi connectivity index (χ3v) is 13.2. The molecule has 10 unspecified atom stereocenters. The first kappa shape index (κ1) is 47.1. The minimum Gasteiger partial charge on any atom is -0.456 e. The minimum atomic E-state index is -2.57. The molecular formula is C43H69NO13. The second kappa shape index (κ2) is 20.6. The molecule has 0 spiro atoms. The van der Waals surface area contributed by atoms with Crippen molar-refractivity contribution in [1.29, 1.82) is 0 Å². The van der Waals surface area contributed by atoms with Crippen molar-refractivity contribution in [2.45, 2.75) is 166 Å². The molecule has 14 nitrogen and oxygen atoms in total. The number of hydrogen-bond donors (Lipinski definition) is 4. The van der Waals surface area contributed by atoms with Gasteiger partial charge in [-0.3, -0.25) is 14.4 Å². The molecule has 4 N–H and O–H groups in total.